The normalized spacial score (nSPS) is 19.1. The second-order valence-electron chi connectivity index (χ2n) is 4.82. The Balaban J connectivity index is 2.17. The Bertz CT molecular complexity index is 666. The lowest BCUT2D eigenvalue weighted by atomic mass is 10.2. The maximum Gasteiger partial charge on any atom is 0.244 e. The molecule has 2 rings (SSSR count). The second-order valence-corrected chi connectivity index (χ2v) is 8.05. The lowest BCUT2D eigenvalue weighted by Crippen LogP contribution is -2.50. The van der Waals surface area contributed by atoms with Gasteiger partial charge in [-0.2, -0.15) is 9.57 Å². The summed E-state index contributed by atoms with van der Waals surface area (Å²) in [7, 11) is -3.59. The third-order valence-corrected chi connectivity index (χ3v) is 6.39. The monoisotopic (exact) mass is 391 g/mol. The number of nitriles is 1. The fourth-order valence-electron chi connectivity index (χ4n) is 2.24. The van der Waals surface area contributed by atoms with E-state index in [1.807, 2.05) is 11.8 Å². The Kier molecular flexibility index (Phi) is 5.28. The molecule has 1 aromatic carbocycles. The van der Waals surface area contributed by atoms with E-state index in [1.165, 1.54) is 10.4 Å². The Morgan fingerprint density at radius 2 is 1.95 bits per heavy atom. The Morgan fingerprint density at radius 1 is 1.33 bits per heavy atom. The lowest BCUT2D eigenvalue weighted by molar-refractivity contribution is 0.169. The number of halogens is 2. The van der Waals surface area contributed by atoms with E-state index in [0.29, 0.717) is 26.2 Å². The van der Waals surface area contributed by atoms with Gasteiger partial charge in [0.25, 0.3) is 0 Å². The van der Waals surface area contributed by atoms with Crippen molar-refractivity contribution in [2.24, 2.45) is 0 Å². The third-order valence-electron chi connectivity index (χ3n) is 3.52. The highest BCUT2D eigenvalue weighted by atomic mass is 79.9. The maximum atomic E-state index is 12.6. The fourth-order valence-corrected chi connectivity index (χ4v) is 4.67. The first-order valence-electron chi connectivity index (χ1n) is 6.45. The van der Waals surface area contributed by atoms with E-state index in [4.69, 9.17) is 16.9 Å². The lowest BCUT2D eigenvalue weighted by Gasteiger charge is -2.35. The number of hydrogen-bond acceptors (Lipinski definition) is 4. The predicted octanol–water partition coefficient (Wildman–Crippen LogP) is 2.32. The molecule has 5 nitrogen and oxygen atoms in total. The van der Waals surface area contributed by atoms with Crippen molar-refractivity contribution in [3.63, 3.8) is 0 Å². The van der Waals surface area contributed by atoms with Crippen LogP contribution >= 0.6 is 27.5 Å². The van der Waals surface area contributed by atoms with Gasteiger partial charge in [0, 0.05) is 30.7 Å². The van der Waals surface area contributed by atoms with E-state index in [2.05, 4.69) is 22.0 Å². The standard InChI is InChI=1S/C13H15BrClN3O2S/c1-10(9-16)17-4-6-18(7-5-17)21(19,20)13-3-2-11(14)8-12(13)15/h2-3,8,10H,4-7H2,1H3. The van der Waals surface area contributed by atoms with Gasteiger partial charge in [0.1, 0.15) is 4.90 Å². The summed E-state index contributed by atoms with van der Waals surface area (Å²) < 4.78 is 27.4. The van der Waals surface area contributed by atoms with Crippen molar-refractivity contribution in [2.75, 3.05) is 26.2 Å². The van der Waals surface area contributed by atoms with Crippen LogP contribution in [0.4, 0.5) is 0 Å². The number of benzene rings is 1. The molecule has 1 unspecified atom stereocenters. The molecule has 0 amide bonds. The molecule has 1 aromatic rings. The molecule has 0 saturated carbocycles. The first-order chi connectivity index (χ1) is 9.86. The average molecular weight is 393 g/mol. The minimum absolute atomic E-state index is 0.120. The summed E-state index contributed by atoms with van der Waals surface area (Å²) in [6, 6.07) is 6.70. The van der Waals surface area contributed by atoms with E-state index in [1.54, 1.807) is 12.1 Å². The minimum Gasteiger partial charge on any atom is -0.286 e. The summed E-state index contributed by atoms with van der Waals surface area (Å²) in [5.74, 6) is 0. The largest absolute Gasteiger partial charge is 0.286 e. The highest BCUT2D eigenvalue weighted by Gasteiger charge is 2.31. The first-order valence-corrected chi connectivity index (χ1v) is 9.06. The van der Waals surface area contributed by atoms with Crippen LogP contribution in [0, 0.1) is 11.3 Å². The van der Waals surface area contributed by atoms with Crippen LogP contribution in [0.15, 0.2) is 27.6 Å². The van der Waals surface area contributed by atoms with Gasteiger partial charge < -0.3 is 0 Å². The van der Waals surface area contributed by atoms with Crippen LogP contribution in [0.1, 0.15) is 6.92 Å². The van der Waals surface area contributed by atoms with Gasteiger partial charge in [-0.25, -0.2) is 8.42 Å². The maximum absolute atomic E-state index is 12.6. The molecule has 0 aromatic heterocycles. The summed E-state index contributed by atoms with van der Waals surface area (Å²) in [5.41, 5.74) is 0. The molecule has 0 N–H and O–H groups in total. The van der Waals surface area contributed by atoms with Crippen molar-refractivity contribution in [3.8, 4) is 6.07 Å². The Labute approximate surface area is 138 Å². The smallest absolute Gasteiger partial charge is 0.244 e. The van der Waals surface area contributed by atoms with E-state index in [9.17, 15) is 8.42 Å². The van der Waals surface area contributed by atoms with Gasteiger partial charge in [0.15, 0.2) is 0 Å². The molecule has 114 valence electrons. The number of hydrogen-bond donors (Lipinski definition) is 0. The van der Waals surface area contributed by atoms with Gasteiger partial charge in [-0.1, -0.05) is 27.5 Å². The third kappa shape index (κ3) is 3.58. The Hall–Kier alpha value is -0.650. The van der Waals surface area contributed by atoms with Crippen LogP contribution in [0.5, 0.6) is 0 Å². The summed E-state index contributed by atoms with van der Waals surface area (Å²) in [4.78, 5) is 2.09. The van der Waals surface area contributed by atoms with E-state index < -0.39 is 10.0 Å². The zero-order chi connectivity index (χ0) is 15.6. The second kappa shape index (κ2) is 6.63. The fraction of sp³-hybridized carbons (Fsp3) is 0.462. The van der Waals surface area contributed by atoms with Gasteiger partial charge in [-0.3, -0.25) is 4.90 Å². The summed E-state index contributed by atoms with van der Waals surface area (Å²) in [6.45, 7) is 3.63. The molecule has 0 aliphatic carbocycles. The quantitative estimate of drug-likeness (QED) is 0.792. The number of piperazine rings is 1. The number of sulfonamides is 1. The van der Waals surface area contributed by atoms with Gasteiger partial charge in [0.2, 0.25) is 10.0 Å². The van der Waals surface area contributed by atoms with Crippen molar-refractivity contribution in [3.05, 3.63) is 27.7 Å². The SMILES string of the molecule is CC(C#N)N1CCN(S(=O)(=O)c2ccc(Br)cc2Cl)CC1. The van der Waals surface area contributed by atoms with Gasteiger partial charge in [-0.15, -0.1) is 0 Å². The van der Waals surface area contributed by atoms with Crippen LogP contribution in [0.2, 0.25) is 5.02 Å². The summed E-state index contributed by atoms with van der Waals surface area (Å²) >= 11 is 9.31. The van der Waals surface area contributed by atoms with Crippen molar-refractivity contribution in [1.82, 2.24) is 9.21 Å². The summed E-state index contributed by atoms with van der Waals surface area (Å²) in [6.07, 6.45) is 0. The van der Waals surface area contributed by atoms with Crippen molar-refractivity contribution in [1.29, 1.82) is 5.26 Å². The zero-order valence-corrected chi connectivity index (χ0v) is 14.6. The molecule has 0 radical (unpaired) electrons. The molecule has 0 spiro atoms. The topological polar surface area (TPSA) is 64.4 Å². The summed E-state index contributed by atoms with van der Waals surface area (Å²) in [5, 5.41) is 9.11. The van der Waals surface area contributed by atoms with Crippen LogP contribution in [0.25, 0.3) is 0 Å². The minimum atomic E-state index is -3.59. The Morgan fingerprint density at radius 3 is 2.48 bits per heavy atom. The number of rotatable bonds is 3. The molecule has 1 heterocycles. The van der Waals surface area contributed by atoms with Crippen LogP contribution < -0.4 is 0 Å². The highest BCUT2D eigenvalue weighted by Crippen LogP contribution is 2.28. The molecule has 21 heavy (non-hydrogen) atoms. The average Bonchev–Trinajstić information content (AvgIpc) is 2.46. The number of nitrogens with zero attached hydrogens (tertiary/aromatic N) is 3. The molecule has 0 bridgehead atoms. The van der Waals surface area contributed by atoms with Crippen molar-refractivity contribution >= 4 is 37.6 Å². The molecule has 8 heteroatoms. The molecule has 1 aliphatic heterocycles. The van der Waals surface area contributed by atoms with E-state index >= 15 is 0 Å². The van der Waals surface area contributed by atoms with Crippen LogP contribution in [-0.4, -0.2) is 49.8 Å². The predicted molar refractivity (Wildman–Crippen MR) is 84.6 cm³/mol. The molecular formula is C13H15BrClN3O2S. The highest BCUT2D eigenvalue weighted by molar-refractivity contribution is 9.10. The van der Waals surface area contributed by atoms with Gasteiger partial charge >= 0.3 is 0 Å². The van der Waals surface area contributed by atoms with Crippen LogP contribution in [-0.2, 0) is 10.0 Å². The molecule has 1 saturated heterocycles. The van der Waals surface area contributed by atoms with Gasteiger partial charge in [0.05, 0.1) is 17.1 Å². The van der Waals surface area contributed by atoms with Crippen molar-refractivity contribution in [2.45, 2.75) is 17.9 Å². The zero-order valence-electron chi connectivity index (χ0n) is 11.5. The molecular weight excluding hydrogens is 378 g/mol. The molecule has 1 atom stereocenters. The van der Waals surface area contributed by atoms with Crippen molar-refractivity contribution < 1.29 is 8.42 Å². The van der Waals surface area contributed by atoms with Gasteiger partial charge in [-0.05, 0) is 25.1 Å². The molecule has 1 aliphatic rings. The van der Waals surface area contributed by atoms with E-state index in [-0.39, 0.29) is 16.0 Å². The van der Waals surface area contributed by atoms with E-state index in [0.717, 1.165) is 4.47 Å². The molecule has 1 fully saturated rings. The van der Waals surface area contributed by atoms with Crippen LogP contribution in [0.3, 0.4) is 0 Å². The first kappa shape index (κ1) is 16.7.